The molecule has 1 aromatic carbocycles. The maximum absolute atomic E-state index is 12.9. The van der Waals surface area contributed by atoms with Crippen molar-refractivity contribution < 1.29 is 36.2 Å². The highest BCUT2D eigenvalue weighted by atomic mass is 32.2. The number of aliphatic carboxylic acids is 1. The fraction of sp³-hybridized carbons (Fsp3) is 0.632. The van der Waals surface area contributed by atoms with Crippen molar-refractivity contribution in [3.05, 3.63) is 29.8 Å². The highest BCUT2D eigenvalue weighted by molar-refractivity contribution is 7.89. The number of nitrogens with zero attached hydrogens (tertiary/aromatic N) is 2. The van der Waals surface area contributed by atoms with Crippen molar-refractivity contribution >= 4 is 16.0 Å². The van der Waals surface area contributed by atoms with Gasteiger partial charge >= 0.3 is 12.1 Å². The van der Waals surface area contributed by atoms with Crippen molar-refractivity contribution in [2.24, 2.45) is 11.3 Å². The molecule has 2 aliphatic heterocycles. The molecule has 170 valence electrons. The van der Waals surface area contributed by atoms with Crippen molar-refractivity contribution in [2.75, 3.05) is 46.9 Å². The van der Waals surface area contributed by atoms with E-state index in [4.69, 9.17) is 14.6 Å². The van der Waals surface area contributed by atoms with Gasteiger partial charge in [0.2, 0.25) is 10.0 Å². The van der Waals surface area contributed by atoms with Gasteiger partial charge in [0, 0.05) is 44.6 Å². The number of halogens is 3. The number of ether oxygens (including phenoxy) is 1. The maximum Gasteiger partial charge on any atom is 0.490 e. The number of alkyl halides is 3. The van der Waals surface area contributed by atoms with Gasteiger partial charge in [0.25, 0.3) is 0 Å². The zero-order chi connectivity index (χ0) is 22.7. The van der Waals surface area contributed by atoms with Crippen LogP contribution < -0.4 is 0 Å². The van der Waals surface area contributed by atoms with Crippen LogP contribution in [0.4, 0.5) is 13.2 Å². The first-order chi connectivity index (χ1) is 13.8. The third-order valence-electron chi connectivity index (χ3n) is 5.60. The van der Waals surface area contributed by atoms with E-state index in [1.165, 1.54) is 0 Å². The number of benzene rings is 1. The standard InChI is InChI=1S/C17H26N2O3S.C2HF3O2/c1-14-4-6-16(7-5-14)23(20,21)19-9-8-17(13-19)12-18(2)10-15(17)11-22-3;3-2(4,5)1(6)7/h4-7,15H,8-13H2,1-3H3;(H,6,7)/t15-,17+;/m0./s1. The molecule has 2 saturated heterocycles. The van der Waals surface area contributed by atoms with Crippen LogP contribution in [0.15, 0.2) is 29.2 Å². The molecule has 11 heteroatoms. The monoisotopic (exact) mass is 452 g/mol. The predicted octanol–water partition coefficient (Wildman–Crippen LogP) is 2.22. The Morgan fingerprint density at radius 3 is 2.33 bits per heavy atom. The molecule has 0 bridgehead atoms. The van der Waals surface area contributed by atoms with E-state index in [-0.39, 0.29) is 5.41 Å². The molecule has 2 fully saturated rings. The van der Waals surface area contributed by atoms with Crippen molar-refractivity contribution in [3.8, 4) is 0 Å². The van der Waals surface area contributed by atoms with Crippen LogP contribution in [0.3, 0.4) is 0 Å². The highest BCUT2D eigenvalue weighted by Gasteiger charge is 2.51. The number of sulfonamides is 1. The molecule has 0 aromatic heterocycles. The minimum atomic E-state index is -5.08. The molecule has 0 amide bonds. The second kappa shape index (κ2) is 9.21. The molecule has 1 spiro atoms. The molecule has 3 rings (SSSR count). The first kappa shape index (κ1) is 24.6. The van der Waals surface area contributed by atoms with Crippen LogP contribution in [-0.4, -0.2) is 81.8 Å². The number of rotatable bonds is 4. The lowest BCUT2D eigenvalue weighted by molar-refractivity contribution is -0.192. The van der Waals surface area contributed by atoms with E-state index in [0.717, 1.165) is 25.1 Å². The molecular weight excluding hydrogens is 425 g/mol. The zero-order valence-electron chi connectivity index (χ0n) is 17.1. The Kier molecular flexibility index (Phi) is 7.54. The third-order valence-corrected chi connectivity index (χ3v) is 7.46. The average molecular weight is 452 g/mol. The van der Waals surface area contributed by atoms with E-state index in [1.54, 1.807) is 23.5 Å². The van der Waals surface area contributed by atoms with Gasteiger partial charge in [0.05, 0.1) is 11.5 Å². The number of hydrogen-bond acceptors (Lipinski definition) is 5. The summed E-state index contributed by atoms with van der Waals surface area (Å²) >= 11 is 0. The lowest BCUT2D eigenvalue weighted by Gasteiger charge is -2.30. The molecule has 2 heterocycles. The van der Waals surface area contributed by atoms with Gasteiger partial charge in [-0.3, -0.25) is 0 Å². The van der Waals surface area contributed by atoms with Crippen LogP contribution in [-0.2, 0) is 19.6 Å². The SMILES string of the molecule is COC[C@@H]1CN(C)C[C@@]12CCN(S(=O)(=O)c1ccc(C)cc1)C2.O=C(O)C(F)(F)F. The second-order valence-corrected chi connectivity index (χ2v) is 9.85. The number of carboxylic acid groups (broad SMARTS) is 1. The van der Waals surface area contributed by atoms with Crippen LogP contribution in [0.2, 0.25) is 0 Å². The molecule has 1 aromatic rings. The van der Waals surface area contributed by atoms with Gasteiger partial charge in [-0.15, -0.1) is 0 Å². The maximum atomic E-state index is 12.9. The van der Waals surface area contributed by atoms with E-state index >= 15 is 0 Å². The molecule has 0 unspecified atom stereocenters. The van der Waals surface area contributed by atoms with E-state index in [1.807, 2.05) is 19.1 Å². The first-order valence-corrected chi connectivity index (χ1v) is 10.8. The topological polar surface area (TPSA) is 87.2 Å². The quantitative estimate of drug-likeness (QED) is 0.754. The minimum absolute atomic E-state index is 0.0303. The Balaban J connectivity index is 0.000000396. The summed E-state index contributed by atoms with van der Waals surface area (Å²) in [7, 11) is 0.429. The zero-order valence-corrected chi connectivity index (χ0v) is 18.0. The fourth-order valence-corrected chi connectivity index (χ4v) is 5.65. The molecule has 2 aliphatic rings. The Morgan fingerprint density at radius 2 is 1.83 bits per heavy atom. The third kappa shape index (κ3) is 5.51. The minimum Gasteiger partial charge on any atom is -0.475 e. The highest BCUT2D eigenvalue weighted by Crippen LogP contribution is 2.44. The lowest BCUT2D eigenvalue weighted by atomic mass is 9.78. The van der Waals surface area contributed by atoms with Gasteiger partial charge in [-0.05, 0) is 32.5 Å². The largest absolute Gasteiger partial charge is 0.490 e. The molecular formula is C19H27F3N2O5S. The Labute approximate surface area is 174 Å². The summed E-state index contributed by atoms with van der Waals surface area (Å²) in [4.78, 5) is 11.6. The Hall–Kier alpha value is -1.69. The van der Waals surface area contributed by atoms with Crippen molar-refractivity contribution in [2.45, 2.75) is 24.4 Å². The number of likely N-dealkylation sites (tertiary alicyclic amines) is 1. The van der Waals surface area contributed by atoms with Gasteiger partial charge in [-0.1, -0.05) is 17.7 Å². The summed E-state index contributed by atoms with van der Waals surface area (Å²) in [6, 6.07) is 7.14. The van der Waals surface area contributed by atoms with Gasteiger partial charge in [-0.25, -0.2) is 13.2 Å². The fourth-order valence-electron chi connectivity index (χ4n) is 4.12. The van der Waals surface area contributed by atoms with E-state index in [2.05, 4.69) is 11.9 Å². The first-order valence-electron chi connectivity index (χ1n) is 9.36. The molecule has 1 N–H and O–H groups in total. The molecule has 30 heavy (non-hydrogen) atoms. The number of carboxylic acids is 1. The predicted molar refractivity (Wildman–Crippen MR) is 104 cm³/mol. The summed E-state index contributed by atoms with van der Waals surface area (Å²) in [6.45, 7) is 5.78. The Morgan fingerprint density at radius 1 is 1.27 bits per heavy atom. The van der Waals surface area contributed by atoms with Crippen LogP contribution in [0.5, 0.6) is 0 Å². The summed E-state index contributed by atoms with van der Waals surface area (Å²) in [6.07, 6.45) is -4.17. The van der Waals surface area contributed by atoms with Gasteiger partial charge in [0.15, 0.2) is 0 Å². The summed E-state index contributed by atoms with van der Waals surface area (Å²) in [5, 5.41) is 7.12. The summed E-state index contributed by atoms with van der Waals surface area (Å²) < 4.78 is 64.6. The summed E-state index contributed by atoms with van der Waals surface area (Å²) in [5.41, 5.74) is 1.10. The number of methoxy groups -OCH3 is 1. The van der Waals surface area contributed by atoms with E-state index < -0.39 is 22.2 Å². The van der Waals surface area contributed by atoms with Crippen LogP contribution in [0.25, 0.3) is 0 Å². The molecule has 0 aliphatic carbocycles. The average Bonchev–Trinajstić information content (AvgIpc) is 3.20. The number of carbonyl (C=O) groups is 1. The van der Waals surface area contributed by atoms with Gasteiger partial charge < -0.3 is 14.7 Å². The molecule has 2 atom stereocenters. The molecule has 0 radical (unpaired) electrons. The van der Waals surface area contributed by atoms with E-state index in [0.29, 0.717) is 30.5 Å². The second-order valence-electron chi connectivity index (χ2n) is 7.92. The normalized spacial score (nSPS) is 25.3. The van der Waals surface area contributed by atoms with Gasteiger partial charge in [-0.2, -0.15) is 17.5 Å². The van der Waals surface area contributed by atoms with Gasteiger partial charge in [0.1, 0.15) is 0 Å². The van der Waals surface area contributed by atoms with Crippen molar-refractivity contribution in [3.63, 3.8) is 0 Å². The molecule has 0 saturated carbocycles. The smallest absolute Gasteiger partial charge is 0.475 e. The Bertz CT molecular complexity index is 845. The van der Waals surface area contributed by atoms with E-state index in [9.17, 15) is 21.6 Å². The number of hydrogen-bond donors (Lipinski definition) is 1. The van der Waals surface area contributed by atoms with Crippen molar-refractivity contribution in [1.82, 2.24) is 9.21 Å². The van der Waals surface area contributed by atoms with Crippen LogP contribution >= 0.6 is 0 Å². The van der Waals surface area contributed by atoms with Crippen molar-refractivity contribution in [1.29, 1.82) is 0 Å². The molecule has 7 nitrogen and oxygen atoms in total. The number of aryl methyl sites for hydroxylation is 1. The van der Waals surface area contributed by atoms with Crippen LogP contribution in [0.1, 0.15) is 12.0 Å². The summed E-state index contributed by atoms with van der Waals surface area (Å²) in [5.74, 6) is -2.36. The lowest BCUT2D eigenvalue weighted by Crippen LogP contribution is -2.38. The van der Waals surface area contributed by atoms with Crippen LogP contribution in [0, 0.1) is 18.3 Å².